The Morgan fingerprint density at radius 1 is 1.23 bits per heavy atom. The number of ether oxygens (including phenoxy) is 1. The largest absolute Gasteiger partial charge is 0.484 e. The molecule has 3 rings (SSSR count). The molecule has 0 bridgehead atoms. The number of carbonyl (C=O) groups is 1. The fourth-order valence-electron chi connectivity index (χ4n) is 3.00. The molecule has 7 nitrogen and oxygen atoms in total. The number of nitro benzene ring substituents is 1. The van der Waals surface area contributed by atoms with Gasteiger partial charge in [-0.1, -0.05) is 0 Å². The Kier molecular flexibility index (Phi) is 5.03. The van der Waals surface area contributed by atoms with Crippen LogP contribution in [0.5, 0.6) is 5.75 Å². The van der Waals surface area contributed by atoms with Crippen molar-refractivity contribution in [1.29, 1.82) is 0 Å². The minimum Gasteiger partial charge on any atom is -0.484 e. The first-order valence-corrected chi connectivity index (χ1v) is 8.26. The summed E-state index contributed by atoms with van der Waals surface area (Å²) in [6.45, 7) is 0.710. The first kappa shape index (κ1) is 18.4. The van der Waals surface area contributed by atoms with Gasteiger partial charge in [-0.15, -0.1) is 0 Å². The molecule has 2 fully saturated rings. The number of halogens is 3. The molecule has 1 saturated heterocycles. The fraction of sp³-hybridized carbons (Fsp3) is 0.562. The Hall–Kier alpha value is -2.36. The maximum Gasteiger partial charge on any atom is 0.422 e. The van der Waals surface area contributed by atoms with Crippen molar-refractivity contribution in [3.63, 3.8) is 0 Å². The maximum atomic E-state index is 12.7. The molecule has 1 amide bonds. The van der Waals surface area contributed by atoms with Crippen LogP contribution in [0.1, 0.15) is 23.2 Å². The Labute approximate surface area is 147 Å². The summed E-state index contributed by atoms with van der Waals surface area (Å²) < 4.78 is 41.5. The molecule has 142 valence electrons. The van der Waals surface area contributed by atoms with Gasteiger partial charge in [0.2, 0.25) is 0 Å². The normalized spacial score (nSPS) is 18.7. The lowest BCUT2D eigenvalue weighted by atomic mass is 10.1. The number of piperazine rings is 1. The van der Waals surface area contributed by atoms with Crippen molar-refractivity contribution in [3.05, 3.63) is 33.9 Å². The molecule has 0 atom stereocenters. The number of carbonyl (C=O) groups excluding carboxylic acids is 1. The first-order chi connectivity index (χ1) is 12.2. The van der Waals surface area contributed by atoms with Crippen molar-refractivity contribution >= 4 is 11.6 Å². The van der Waals surface area contributed by atoms with Gasteiger partial charge in [0.25, 0.3) is 11.6 Å². The number of hydrogen-bond donors (Lipinski definition) is 0. The molecular weight excluding hydrogens is 355 g/mol. The molecule has 0 radical (unpaired) electrons. The Morgan fingerprint density at radius 3 is 2.42 bits per heavy atom. The third-order valence-electron chi connectivity index (χ3n) is 4.46. The second-order valence-electron chi connectivity index (χ2n) is 6.40. The van der Waals surface area contributed by atoms with Gasteiger partial charge in [-0.2, -0.15) is 13.2 Å². The van der Waals surface area contributed by atoms with E-state index in [0.29, 0.717) is 32.2 Å². The van der Waals surface area contributed by atoms with Gasteiger partial charge in [0, 0.05) is 38.3 Å². The summed E-state index contributed by atoms with van der Waals surface area (Å²) in [5.74, 6) is -0.794. The smallest absolute Gasteiger partial charge is 0.422 e. The van der Waals surface area contributed by atoms with Crippen LogP contribution in [-0.4, -0.2) is 65.6 Å². The molecule has 10 heteroatoms. The molecule has 2 aliphatic rings. The summed E-state index contributed by atoms with van der Waals surface area (Å²) in [4.78, 5) is 26.9. The van der Waals surface area contributed by atoms with Crippen LogP contribution in [0.25, 0.3) is 0 Å². The van der Waals surface area contributed by atoms with Crippen LogP contribution >= 0.6 is 0 Å². The van der Waals surface area contributed by atoms with Gasteiger partial charge in [0.15, 0.2) is 6.61 Å². The molecule has 1 heterocycles. The Morgan fingerprint density at radius 2 is 1.88 bits per heavy atom. The van der Waals surface area contributed by atoms with Crippen molar-refractivity contribution in [1.82, 2.24) is 9.80 Å². The number of alkyl halides is 3. The standard InChI is InChI=1S/C16H18F3N3O4/c17-16(18,19)10-26-12-3-4-14(22(24)25)13(9-12)15(23)21-7-5-20(6-8-21)11-1-2-11/h3-4,9,11H,1-2,5-8,10H2. The van der Waals surface area contributed by atoms with E-state index in [2.05, 4.69) is 9.64 Å². The molecule has 1 aromatic carbocycles. The summed E-state index contributed by atoms with van der Waals surface area (Å²) in [7, 11) is 0. The van der Waals surface area contributed by atoms with Gasteiger partial charge in [-0.3, -0.25) is 19.8 Å². The van der Waals surface area contributed by atoms with Gasteiger partial charge in [-0.05, 0) is 25.0 Å². The minimum absolute atomic E-state index is 0.229. The summed E-state index contributed by atoms with van der Waals surface area (Å²) >= 11 is 0. The second-order valence-corrected chi connectivity index (χ2v) is 6.40. The number of nitro groups is 1. The summed E-state index contributed by atoms with van der Waals surface area (Å²) in [5.41, 5.74) is -0.700. The average Bonchev–Trinajstić information content (AvgIpc) is 3.43. The highest BCUT2D eigenvalue weighted by Crippen LogP contribution is 2.30. The predicted octanol–water partition coefficient (Wildman–Crippen LogP) is 2.46. The van der Waals surface area contributed by atoms with Gasteiger partial charge >= 0.3 is 6.18 Å². The monoisotopic (exact) mass is 373 g/mol. The van der Waals surface area contributed by atoms with Crippen molar-refractivity contribution in [3.8, 4) is 5.75 Å². The lowest BCUT2D eigenvalue weighted by Gasteiger charge is -2.34. The SMILES string of the molecule is O=C(c1cc(OCC(F)(F)F)ccc1[N+](=O)[O-])N1CCN(C2CC2)CC1. The van der Waals surface area contributed by atoms with E-state index in [-0.39, 0.29) is 11.3 Å². The number of hydrogen-bond acceptors (Lipinski definition) is 5. The Balaban J connectivity index is 1.75. The van der Waals surface area contributed by atoms with Gasteiger partial charge < -0.3 is 9.64 Å². The van der Waals surface area contributed by atoms with E-state index in [1.807, 2.05) is 0 Å². The van der Waals surface area contributed by atoms with E-state index in [1.165, 1.54) is 4.90 Å². The zero-order valence-electron chi connectivity index (χ0n) is 13.9. The second kappa shape index (κ2) is 7.10. The van der Waals surface area contributed by atoms with E-state index in [1.54, 1.807) is 0 Å². The third-order valence-corrected chi connectivity index (χ3v) is 4.46. The minimum atomic E-state index is -4.54. The lowest BCUT2D eigenvalue weighted by molar-refractivity contribution is -0.385. The molecular formula is C16H18F3N3O4. The van der Waals surface area contributed by atoms with Crippen LogP contribution in [0.4, 0.5) is 18.9 Å². The van der Waals surface area contributed by atoms with Gasteiger partial charge in [0.05, 0.1) is 4.92 Å². The van der Waals surface area contributed by atoms with E-state index in [9.17, 15) is 28.1 Å². The fourth-order valence-corrected chi connectivity index (χ4v) is 3.00. The molecule has 0 N–H and O–H groups in total. The number of benzene rings is 1. The lowest BCUT2D eigenvalue weighted by Crippen LogP contribution is -2.49. The zero-order valence-corrected chi connectivity index (χ0v) is 13.9. The molecule has 1 aromatic rings. The predicted molar refractivity (Wildman–Crippen MR) is 85.1 cm³/mol. The highest BCUT2D eigenvalue weighted by molar-refractivity contribution is 5.98. The maximum absolute atomic E-state index is 12.7. The number of rotatable bonds is 5. The van der Waals surface area contributed by atoms with Crippen LogP contribution in [0, 0.1) is 10.1 Å². The topological polar surface area (TPSA) is 75.9 Å². The van der Waals surface area contributed by atoms with E-state index >= 15 is 0 Å². The summed E-state index contributed by atoms with van der Waals surface area (Å²) in [6.07, 6.45) is -2.24. The molecule has 0 spiro atoms. The molecule has 1 aliphatic heterocycles. The molecule has 1 saturated carbocycles. The molecule has 1 aliphatic carbocycles. The van der Waals surface area contributed by atoms with E-state index in [4.69, 9.17) is 0 Å². The first-order valence-electron chi connectivity index (χ1n) is 8.26. The number of nitrogens with zero attached hydrogens (tertiary/aromatic N) is 3. The zero-order chi connectivity index (χ0) is 18.9. The van der Waals surface area contributed by atoms with Crippen LogP contribution in [0.3, 0.4) is 0 Å². The molecule has 26 heavy (non-hydrogen) atoms. The highest BCUT2D eigenvalue weighted by atomic mass is 19.4. The Bertz CT molecular complexity index is 698. The average molecular weight is 373 g/mol. The number of amides is 1. The van der Waals surface area contributed by atoms with E-state index in [0.717, 1.165) is 31.0 Å². The molecule has 0 aromatic heterocycles. The highest BCUT2D eigenvalue weighted by Gasteiger charge is 2.34. The van der Waals surface area contributed by atoms with Crippen LogP contribution in [-0.2, 0) is 0 Å². The third kappa shape index (κ3) is 4.43. The van der Waals surface area contributed by atoms with Gasteiger partial charge in [0.1, 0.15) is 11.3 Å². The van der Waals surface area contributed by atoms with Crippen molar-refractivity contribution in [2.45, 2.75) is 25.1 Å². The summed E-state index contributed by atoms with van der Waals surface area (Å²) in [5, 5.41) is 11.2. The van der Waals surface area contributed by atoms with Crippen molar-refractivity contribution in [2.75, 3.05) is 32.8 Å². The summed E-state index contributed by atoms with van der Waals surface area (Å²) in [6, 6.07) is 3.64. The van der Waals surface area contributed by atoms with Crippen LogP contribution < -0.4 is 4.74 Å². The van der Waals surface area contributed by atoms with E-state index < -0.39 is 29.3 Å². The quantitative estimate of drug-likeness (QED) is 0.585. The van der Waals surface area contributed by atoms with Crippen molar-refractivity contribution < 1.29 is 27.6 Å². The van der Waals surface area contributed by atoms with Gasteiger partial charge in [-0.25, -0.2) is 0 Å². The van der Waals surface area contributed by atoms with Crippen molar-refractivity contribution in [2.24, 2.45) is 0 Å². The molecule has 0 unspecified atom stereocenters. The van der Waals surface area contributed by atoms with Crippen LogP contribution in [0.15, 0.2) is 18.2 Å². The van der Waals surface area contributed by atoms with Crippen LogP contribution in [0.2, 0.25) is 0 Å².